The molecule has 1 aliphatic rings. The molecule has 12 nitrogen and oxygen atoms in total. The molecule has 0 radical (unpaired) electrons. The van der Waals surface area contributed by atoms with Crippen LogP contribution in [0.3, 0.4) is 0 Å². The van der Waals surface area contributed by atoms with Gasteiger partial charge < -0.3 is 31.1 Å². The van der Waals surface area contributed by atoms with E-state index in [1.165, 1.54) is 39.5 Å². The van der Waals surface area contributed by atoms with Gasteiger partial charge in [-0.2, -0.15) is 0 Å². The van der Waals surface area contributed by atoms with E-state index in [1.54, 1.807) is 0 Å². The summed E-state index contributed by atoms with van der Waals surface area (Å²) in [6, 6.07) is -2.49. The van der Waals surface area contributed by atoms with Crippen molar-refractivity contribution < 1.29 is 38.6 Å². The summed E-state index contributed by atoms with van der Waals surface area (Å²) in [6.45, 7) is 6.95. The van der Waals surface area contributed by atoms with Crippen molar-refractivity contribution in [3.05, 3.63) is 0 Å². The minimum absolute atomic E-state index is 0.00478. The number of hydrogen-bond donors (Lipinski definition) is 5. The van der Waals surface area contributed by atoms with Crippen LogP contribution in [0, 0.1) is 0 Å². The molecule has 0 saturated carbocycles. The molecule has 5 N–H and O–H groups in total. The number of carbonyl (C=O) groups excluding carboxylic acids is 5. The minimum Gasteiger partial charge on any atom is -0.480 e. The first-order valence-corrected chi connectivity index (χ1v) is 15.5. The van der Waals surface area contributed by atoms with Gasteiger partial charge in [0.25, 0.3) is 0 Å². The zero-order valence-electron chi connectivity index (χ0n) is 23.8. The lowest BCUT2D eigenvalue weighted by atomic mass is 10.0. The lowest BCUT2D eigenvalue weighted by molar-refractivity contribution is -0.143. The number of carboxylic acids is 1. The van der Waals surface area contributed by atoms with Gasteiger partial charge in [-0.05, 0) is 46.1 Å². The predicted molar refractivity (Wildman–Crippen MR) is 155 cm³/mol. The highest BCUT2D eigenvalue weighted by Gasteiger charge is 2.35. The summed E-state index contributed by atoms with van der Waals surface area (Å²) in [4.78, 5) is 72.7. The Labute approximate surface area is 244 Å². The largest absolute Gasteiger partial charge is 0.480 e. The normalized spacial score (nSPS) is 16.6. The highest BCUT2D eigenvalue weighted by molar-refractivity contribution is 8.13. The van der Waals surface area contributed by atoms with E-state index in [2.05, 4.69) is 21.3 Å². The van der Waals surface area contributed by atoms with Gasteiger partial charge in [-0.15, -0.1) is 0 Å². The Balaban J connectivity index is 2.70. The van der Waals surface area contributed by atoms with Gasteiger partial charge in [0.1, 0.15) is 17.6 Å². The lowest BCUT2D eigenvalue weighted by Gasteiger charge is -2.30. The Morgan fingerprint density at radius 1 is 0.925 bits per heavy atom. The molecule has 0 aromatic heterocycles. The van der Waals surface area contributed by atoms with E-state index in [1.807, 2.05) is 0 Å². The van der Waals surface area contributed by atoms with Gasteiger partial charge in [-0.25, -0.2) is 4.79 Å². The van der Waals surface area contributed by atoms with Crippen molar-refractivity contribution in [1.29, 1.82) is 0 Å². The summed E-state index contributed by atoms with van der Waals surface area (Å²) in [5, 5.41) is 20.6. The molecule has 1 heterocycles. The monoisotopic (exact) mass is 604 g/mol. The van der Waals surface area contributed by atoms with E-state index in [-0.39, 0.29) is 41.8 Å². The molecule has 0 bridgehead atoms. The third-order valence-electron chi connectivity index (χ3n) is 6.14. The van der Waals surface area contributed by atoms with Crippen LogP contribution in [0.2, 0.25) is 0 Å². The number of amides is 3. The van der Waals surface area contributed by atoms with Crippen molar-refractivity contribution in [2.24, 2.45) is 0 Å². The fourth-order valence-corrected chi connectivity index (χ4v) is 5.01. The first-order valence-electron chi connectivity index (χ1n) is 13.6. The second kappa shape index (κ2) is 19.1. The third kappa shape index (κ3) is 15.0. The number of thioether (sulfide) groups is 2. The van der Waals surface area contributed by atoms with Crippen LogP contribution in [0.5, 0.6) is 0 Å². The number of nitrogens with one attached hydrogen (secondary N) is 4. The first kappa shape index (κ1) is 35.9. The Bertz CT molecular complexity index is 881. The number of carbonyl (C=O) groups is 6. The van der Waals surface area contributed by atoms with Crippen molar-refractivity contribution in [3.63, 3.8) is 0 Å². The second-order valence-corrected chi connectivity index (χ2v) is 12.7. The smallest absolute Gasteiger partial charge is 0.326 e. The molecular formula is C26H44N4O8S2. The van der Waals surface area contributed by atoms with Crippen LogP contribution in [0.1, 0.15) is 72.6 Å². The average Bonchev–Trinajstić information content (AvgIpc) is 3.41. The van der Waals surface area contributed by atoms with Gasteiger partial charge in [0.05, 0.1) is 12.6 Å². The minimum atomic E-state index is -1.46. The zero-order valence-corrected chi connectivity index (χ0v) is 25.5. The van der Waals surface area contributed by atoms with Crippen LogP contribution in [0.4, 0.5) is 0 Å². The average molecular weight is 605 g/mol. The maximum Gasteiger partial charge on any atom is 0.326 e. The molecule has 0 spiro atoms. The molecular weight excluding hydrogens is 560 g/mol. The Morgan fingerprint density at radius 2 is 1.60 bits per heavy atom. The summed E-state index contributed by atoms with van der Waals surface area (Å²) in [5.74, 6) is -1.61. The van der Waals surface area contributed by atoms with Gasteiger partial charge in [-0.3, -0.25) is 24.0 Å². The van der Waals surface area contributed by atoms with Crippen molar-refractivity contribution in [2.45, 2.75) is 96.3 Å². The van der Waals surface area contributed by atoms with Gasteiger partial charge in [-0.1, -0.05) is 36.4 Å². The van der Waals surface area contributed by atoms with Gasteiger partial charge in [0.15, 0.2) is 10.2 Å². The van der Waals surface area contributed by atoms with E-state index in [0.717, 1.165) is 37.6 Å². The molecule has 1 aliphatic heterocycles. The second-order valence-electron chi connectivity index (χ2n) is 10.1. The Hall–Kier alpha value is -2.16. The van der Waals surface area contributed by atoms with Crippen LogP contribution in [-0.4, -0.2) is 94.0 Å². The molecule has 1 rings (SSSR count). The summed E-state index contributed by atoms with van der Waals surface area (Å²) < 4.78 is 5.36. The molecule has 40 heavy (non-hydrogen) atoms. The van der Waals surface area contributed by atoms with Gasteiger partial charge in [0, 0.05) is 38.4 Å². The third-order valence-corrected chi connectivity index (χ3v) is 7.82. The lowest BCUT2D eigenvalue weighted by Crippen LogP contribution is -2.61. The Kier molecular flexibility index (Phi) is 17.1. The van der Waals surface area contributed by atoms with Crippen LogP contribution in [0.15, 0.2) is 0 Å². The van der Waals surface area contributed by atoms with E-state index in [4.69, 9.17) is 4.74 Å². The topological polar surface area (TPSA) is 180 Å². The summed E-state index contributed by atoms with van der Waals surface area (Å²) in [7, 11) is 0. The fraction of sp³-hybridized carbons (Fsp3) is 0.769. The number of carboxylic acid groups (broad SMARTS) is 1. The molecule has 1 fully saturated rings. The highest BCUT2D eigenvalue weighted by atomic mass is 32.2. The van der Waals surface area contributed by atoms with E-state index in [9.17, 15) is 33.9 Å². The number of ether oxygens (including phenoxy) is 1. The van der Waals surface area contributed by atoms with Crippen molar-refractivity contribution >= 4 is 57.4 Å². The van der Waals surface area contributed by atoms with E-state index < -0.39 is 35.4 Å². The summed E-state index contributed by atoms with van der Waals surface area (Å²) >= 11 is 2.35. The molecule has 0 aromatic rings. The quantitative estimate of drug-likeness (QED) is 0.134. The standard InChI is InChI=1S/C26H44N4O8S2/c1-17(31)39-15-7-5-6-9-20(28-22(33)19-10-8-12-27-19)23(34)30-26(3,4)25(37)29-21(24(35)36)11-13-38-14-16-40-18(2)32/h19-21,27H,5-16H2,1-4H3,(H,28,33)(H,29,37)(H,30,34)(H,35,36)/t19-,20-,21-/m0/s1. The molecule has 0 unspecified atom stereocenters. The zero-order chi connectivity index (χ0) is 30.1. The van der Waals surface area contributed by atoms with Crippen molar-refractivity contribution in [2.75, 3.05) is 31.3 Å². The van der Waals surface area contributed by atoms with E-state index >= 15 is 0 Å². The fourth-order valence-electron chi connectivity index (χ4n) is 3.89. The van der Waals surface area contributed by atoms with Crippen molar-refractivity contribution in [3.8, 4) is 0 Å². The predicted octanol–water partition coefficient (Wildman–Crippen LogP) is 1.21. The molecule has 0 aromatic carbocycles. The molecule has 1 saturated heterocycles. The van der Waals surface area contributed by atoms with Gasteiger partial charge in [0.2, 0.25) is 17.7 Å². The van der Waals surface area contributed by atoms with Gasteiger partial charge >= 0.3 is 5.97 Å². The van der Waals surface area contributed by atoms with Crippen LogP contribution < -0.4 is 21.3 Å². The molecule has 3 atom stereocenters. The molecule has 14 heteroatoms. The molecule has 3 amide bonds. The van der Waals surface area contributed by atoms with Crippen LogP contribution in [-0.2, 0) is 33.5 Å². The Morgan fingerprint density at radius 3 is 2.20 bits per heavy atom. The highest BCUT2D eigenvalue weighted by Crippen LogP contribution is 2.13. The SMILES string of the molecule is CC(=O)SCCCCC[C@H](NC(=O)[C@@H]1CCCN1)C(=O)NC(C)(C)C(=O)N[C@@H](CCOCCSC(C)=O)C(=O)O. The molecule has 228 valence electrons. The van der Waals surface area contributed by atoms with E-state index in [0.29, 0.717) is 30.8 Å². The molecule has 0 aliphatic carbocycles. The number of aliphatic carboxylic acids is 1. The maximum absolute atomic E-state index is 13.2. The number of hydrogen-bond acceptors (Lipinski definition) is 10. The number of unbranched alkanes of at least 4 members (excludes halogenated alkanes) is 2. The van der Waals surface area contributed by atoms with Crippen molar-refractivity contribution in [1.82, 2.24) is 21.3 Å². The summed E-state index contributed by atoms with van der Waals surface area (Å²) in [5.41, 5.74) is -1.46. The maximum atomic E-state index is 13.2. The first-order chi connectivity index (χ1) is 18.8. The van der Waals surface area contributed by atoms with Crippen LogP contribution in [0.25, 0.3) is 0 Å². The van der Waals surface area contributed by atoms with Crippen LogP contribution >= 0.6 is 23.5 Å². The summed E-state index contributed by atoms with van der Waals surface area (Å²) in [6.07, 6.45) is 4.08. The number of rotatable bonds is 19.